The van der Waals surface area contributed by atoms with Gasteiger partial charge in [0.1, 0.15) is 0 Å². The zero-order chi connectivity index (χ0) is 15.8. The summed E-state index contributed by atoms with van der Waals surface area (Å²) in [5, 5.41) is 3.67. The lowest BCUT2D eigenvalue weighted by atomic mass is 9.90. The zero-order valence-electron chi connectivity index (χ0n) is 13.8. The van der Waals surface area contributed by atoms with Crippen LogP contribution in [0.25, 0.3) is 0 Å². The molecule has 0 aliphatic rings. The van der Waals surface area contributed by atoms with Crippen molar-refractivity contribution in [2.24, 2.45) is 5.92 Å². The Kier molecular flexibility index (Phi) is 8.12. The second-order valence-corrected chi connectivity index (χ2v) is 6.28. The first-order valence-electron chi connectivity index (χ1n) is 7.73. The highest BCUT2D eigenvalue weighted by Gasteiger charge is 2.22. The second kappa shape index (κ2) is 9.31. The van der Waals surface area contributed by atoms with Crippen LogP contribution in [0.5, 0.6) is 11.5 Å². The van der Waals surface area contributed by atoms with Gasteiger partial charge in [0.15, 0.2) is 11.5 Å². The molecule has 0 aliphatic carbocycles. The van der Waals surface area contributed by atoms with Crippen molar-refractivity contribution >= 4 is 15.9 Å². The summed E-state index contributed by atoms with van der Waals surface area (Å²) in [5.74, 6) is 2.10. The second-order valence-electron chi connectivity index (χ2n) is 5.43. The molecular formula is C17H28BrNO2. The summed E-state index contributed by atoms with van der Waals surface area (Å²) in [7, 11) is 3.34. The summed E-state index contributed by atoms with van der Waals surface area (Å²) >= 11 is 3.69. The lowest BCUT2D eigenvalue weighted by Gasteiger charge is -2.27. The first-order valence-corrected chi connectivity index (χ1v) is 8.53. The molecule has 2 atom stereocenters. The Labute approximate surface area is 137 Å². The molecule has 0 spiro atoms. The normalized spacial score (nSPS) is 13.8. The SMILES string of the molecule is CCCNC(c1cc(OC)c(OC)cc1Br)C(C)CCC. The van der Waals surface area contributed by atoms with Gasteiger partial charge in [0.05, 0.1) is 14.2 Å². The van der Waals surface area contributed by atoms with E-state index in [0.29, 0.717) is 12.0 Å². The van der Waals surface area contributed by atoms with Crippen LogP contribution in [0, 0.1) is 5.92 Å². The van der Waals surface area contributed by atoms with Gasteiger partial charge in [-0.2, -0.15) is 0 Å². The fraction of sp³-hybridized carbons (Fsp3) is 0.647. The molecule has 0 amide bonds. The van der Waals surface area contributed by atoms with Crippen molar-refractivity contribution in [3.8, 4) is 11.5 Å². The molecule has 1 N–H and O–H groups in total. The molecule has 0 radical (unpaired) electrons. The number of hydrogen-bond donors (Lipinski definition) is 1. The number of methoxy groups -OCH3 is 2. The third-order valence-electron chi connectivity index (χ3n) is 3.77. The lowest BCUT2D eigenvalue weighted by Crippen LogP contribution is -2.28. The molecular weight excluding hydrogens is 330 g/mol. The van der Waals surface area contributed by atoms with E-state index < -0.39 is 0 Å². The van der Waals surface area contributed by atoms with Gasteiger partial charge in [-0.05, 0) is 43.0 Å². The summed E-state index contributed by atoms with van der Waals surface area (Å²) in [5.41, 5.74) is 1.24. The maximum absolute atomic E-state index is 5.45. The van der Waals surface area contributed by atoms with Gasteiger partial charge in [0.25, 0.3) is 0 Å². The molecule has 2 unspecified atom stereocenters. The molecule has 0 heterocycles. The van der Waals surface area contributed by atoms with E-state index in [4.69, 9.17) is 9.47 Å². The molecule has 1 aromatic carbocycles. The smallest absolute Gasteiger partial charge is 0.161 e. The number of nitrogens with one attached hydrogen (secondary N) is 1. The van der Waals surface area contributed by atoms with Crippen molar-refractivity contribution in [2.45, 2.75) is 46.1 Å². The van der Waals surface area contributed by atoms with E-state index in [0.717, 1.165) is 28.9 Å². The quantitative estimate of drug-likeness (QED) is 0.678. The standard InChI is InChI=1S/C17H28BrNO2/c1-6-8-12(3)17(19-9-7-2)13-10-15(20-4)16(21-5)11-14(13)18/h10-12,17,19H,6-9H2,1-5H3. The van der Waals surface area contributed by atoms with Crippen molar-refractivity contribution in [3.63, 3.8) is 0 Å². The average molecular weight is 358 g/mol. The van der Waals surface area contributed by atoms with E-state index in [9.17, 15) is 0 Å². The monoisotopic (exact) mass is 357 g/mol. The van der Waals surface area contributed by atoms with Gasteiger partial charge >= 0.3 is 0 Å². The van der Waals surface area contributed by atoms with Gasteiger partial charge in [-0.25, -0.2) is 0 Å². The van der Waals surface area contributed by atoms with Crippen LogP contribution in [-0.2, 0) is 0 Å². The highest BCUT2D eigenvalue weighted by Crippen LogP contribution is 2.38. The van der Waals surface area contributed by atoms with Crippen LogP contribution >= 0.6 is 15.9 Å². The van der Waals surface area contributed by atoms with Crippen molar-refractivity contribution < 1.29 is 9.47 Å². The van der Waals surface area contributed by atoms with Crippen molar-refractivity contribution in [3.05, 3.63) is 22.2 Å². The third kappa shape index (κ3) is 4.89. The van der Waals surface area contributed by atoms with Crippen LogP contribution in [0.1, 0.15) is 51.6 Å². The molecule has 120 valence electrons. The zero-order valence-corrected chi connectivity index (χ0v) is 15.4. The molecule has 21 heavy (non-hydrogen) atoms. The predicted molar refractivity (Wildman–Crippen MR) is 92.4 cm³/mol. The molecule has 0 aliphatic heterocycles. The molecule has 0 fully saturated rings. The van der Waals surface area contributed by atoms with E-state index in [1.54, 1.807) is 14.2 Å². The lowest BCUT2D eigenvalue weighted by molar-refractivity contribution is 0.344. The number of hydrogen-bond acceptors (Lipinski definition) is 3. The topological polar surface area (TPSA) is 30.5 Å². The van der Waals surface area contributed by atoms with Crippen LogP contribution in [-0.4, -0.2) is 20.8 Å². The van der Waals surface area contributed by atoms with Gasteiger partial charge in [-0.1, -0.05) is 43.1 Å². The predicted octanol–water partition coefficient (Wildman–Crippen LogP) is 4.94. The van der Waals surface area contributed by atoms with Gasteiger partial charge in [0, 0.05) is 10.5 Å². The van der Waals surface area contributed by atoms with Gasteiger partial charge < -0.3 is 14.8 Å². The largest absolute Gasteiger partial charge is 0.493 e. The Morgan fingerprint density at radius 3 is 2.24 bits per heavy atom. The van der Waals surface area contributed by atoms with E-state index in [1.807, 2.05) is 6.07 Å². The van der Waals surface area contributed by atoms with Gasteiger partial charge in [-0.3, -0.25) is 0 Å². The maximum Gasteiger partial charge on any atom is 0.161 e. The number of halogens is 1. The summed E-state index contributed by atoms with van der Waals surface area (Å²) < 4.78 is 11.9. The first kappa shape index (κ1) is 18.3. The van der Waals surface area contributed by atoms with E-state index in [-0.39, 0.29) is 0 Å². The Morgan fingerprint density at radius 2 is 1.71 bits per heavy atom. The van der Waals surface area contributed by atoms with Crippen LogP contribution in [0.4, 0.5) is 0 Å². The first-order chi connectivity index (χ1) is 10.1. The Balaban J connectivity index is 3.16. The molecule has 1 rings (SSSR count). The molecule has 0 bridgehead atoms. The average Bonchev–Trinajstić information content (AvgIpc) is 2.48. The number of benzene rings is 1. The molecule has 0 aromatic heterocycles. The van der Waals surface area contributed by atoms with E-state index >= 15 is 0 Å². The molecule has 4 heteroatoms. The Morgan fingerprint density at radius 1 is 1.10 bits per heavy atom. The van der Waals surface area contributed by atoms with Gasteiger partial charge in [0.2, 0.25) is 0 Å². The van der Waals surface area contributed by atoms with E-state index in [1.165, 1.54) is 18.4 Å². The number of rotatable bonds is 9. The summed E-state index contributed by atoms with van der Waals surface area (Å²) in [6.07, 6.45) is 3.51. The van der Waals surface area contributed by atoms with Crippen molar-refractivity contribution in [1.82, 2.24) is 5.32 Å². The van der Waals surface area contributed by atoms with Gasteiger partial charge in [-0.15, -0.1) is 0 Å². The van der Waals surface area contributed by atoms with Crippen LogP contribution in [0.2, 0.25) is 0 Å². The Bertz CT molecular complexity index is 437. The fourth-order valence-corrected chi connectivity index (χ4v) is 3.22. The highest BCUT2D eigenvalue weighted by atomic mass is 79.9. The minimum atomic E-state index is 0.319. The number of ether oxygens (including phenoxy) is 2. The minimum Gasteiger partial charge on any atom is -0.493 e. The molecule has 0 saturated carbocycles. The maximum atomic E-state index is 5.45. The molecule has 1 aromatic rings. The summed E-state index contributed by atoms with van der Waals surface area (Å²) in [6, 6.07) is 4.40. The van der Waals surface area contributed by atoms with Crippen molar-refractivity contribution in [1.29, 1.82) is 0 Å². The van der Waals surface area contributed by atoms with Crippen LogP contribution < -0.4 is 14.8 Å². The van der Waals surface area contributed by atoms with Crippen LogP contribution in [0.15, 0.2) is 16.6 Å². The van der Waals surface area contributed by atoms with E-state index in [2.05, 4.69) is 48.1 Å². The Hall–Kier alpha value is -0.740. The van der Waals surface area contributed by atoms with Crippen LogP contribution in [0.3, 0.4) is 0 Å². The summed E-state index contributed by atoms with van der Waals surface area (Å²) in [6.45, 7) is 7.74. The molecule has 0 saturated heterocycles. The minimum absolute atomic E-state index is 0.319. The third-order valence-corrected chi connectivity index (χ3v) is 4.45. The summed E-state index contributed by atoms with van der Waals surface area (Å²) in [4.78, 5) is 0. The molecule has 3 nitrogen and oxygen atoms in total. The fourth-order valence-electron chi connectivity index (χ4n) is 2.65. The highest BCUT2D eigenvalue weighted by molar-refractivity contribution is 9.10. The van der Waals surface area contributed by atoms with Crippen molar-refractivity contribution in [2.75, 3.05) is 20.8 Å².